The molecule has 0 aliphatic rings. The summed E-state index contributed by atoms with van der Waals surface area (Å²) in [4.78, 5) is 14.5. The molecule has 0 bridgehead atoms. The van der Waals surface area contributed by atoms with Gasteiger partial charge in [0.15, 0.2) is 5.11 Å². The van der Waals surface area contributed by atoms with E-state index in [4.69, 9.17) is 16.6 Å². The van der Waals surface area contributed by atoms with Crippen LogP contribution >= 0.6 is 12.2 Å². The third-order valence-corrected chi connectivity index (χ3v) is 4.17. The van der Waals surface area contributed by atoms with E-state index in [1.54, 1.807) is 12.1 Å². The normalized spacial score (nSPS) is 11.0. The van der Waals surface area contributed by atoms with Gasteiger partial charge in [-0.2, -0.15) is 0 Å². The number of non-ortho nitro benzene ring substituents is 1. The Bertz CT molecular complexity index is 792. The molecule has 1 aromatic carbocycles. The Hall–Kier alpha value is -2.59. The number of nitro benzene ring substituents is 1. The molecule has 1 heterocycles. The van der Waals surface area contributed by atoms with E-state index in [-0.39, 0.29) is 17.6 Å². The first-order valence-electron chi connectivity index (χ1n) is 8.54. The number of thiocarbonyl (C=S) groups is 1. The van der Waals surface area contributed by atoms with Gasteiger partial charge in [0, 0.05) is 36.8 Å². The molecule has 0 spiro atoms. The van der Waals surface area contributed by atoms with Crippen molar-refractivity contribution in [3.8, 4) is 11.5 Å². The van der Waals surface area contributed by atoms with Gasteiger partial charge in [0.25, 0.3) is 5.69 Å². The molecule has 0 aliphatic carbocycles. The number of rotatable bonds is 8. The summed E-state index contributed by atoms with van der Waals surface area (Å²) >= 11 is 5.48. The Kier molecular flexibility index (Phi) is 7.19. The Morgan fingerprint density at radius 2 is 2.11 bits per heavy atom. The smallest absolute Gasteiger partial charge is 0.270 e. The van der Waals surface area contributed by atoms with Gasteiger partial charge in [-0.15, -0.1) is 10.2 Å². The van der Waals surface area contributed by atoms with Crippen LogP contribution in [0.2, 0.25) is 0 Å². The highest BCUT2D eigenvalue weighted by molar-refractivity contribution is 7.80. The molecular weight excluding hydrogens is 368 g/mol. The van der Waals surface area contributed by atoms with Gasteiger partial charge in [0.2, 0.25) is 11.8 Å². The summed E-state index contributed by atoms with van der Waals surface area (Å²) in [5, 5.41) is 22.8. The number of nitro groups is 1. The van der Waals surface area contributed by atoms with Crippen LogP contribution in [0.15, 0.2) is 28.7 Å². The standard InChI is InChI=1S/C17H24N6O3S/c1-12(2)22(17(27)18-8-9-21(3)4)11-15-19-20-16(26-15)13-6-5-7-14(10-13)23(24)25/h5-7,10,12H,8-9,11H2,1-4H3,(H,18,27). The highest BCUT2D eigenvalue weighted by atomic mass is 32.1. The van der Waals surface area contributed by atoms with E-state index in [0.29, 0.717) is 23.1 Å². The van der Waals surface area contributed by atoms with Crippen LogP contribution < -0.4 is 5.32 Å². The molecule has 0 saturated heterocycles. The Morgan fingerprint density at radius 3 is 2.74 bits per heavy atom. The average molecular weight is 392 g/mol. The van der Waals surface area contributed by atoms with Crippen molar-refractivity contribution in [1.82, 2.24) is 25.3 Å². The highest BCUT2D eigenvalue weighted by Gasteiger charge is 2.18. The maximum Gasteiger partial charge on any atom is 0.270 e. The van der Waals surface area contributed by atoms with Gasteiger partial charge in [0.05, 0.1) is 11.5 Å². The van der Waals surface area contributed by atoms with Crippen molar-refractivity contribution >= 4 is 23.0 Å². The Labute approximate surface area is 163 Å². The third-order valence-electron chi connectivity index (χ3n) is 3.80. The fraction of sp³-hybridized carbons (Fsp3) is 0.471. The van der Waals surface area contributed by atoms with Crippen molar-refractivity contribution < 1.29 is 9.34 Å². The number of hydrogen-bond acceptors (Lipinski definition) is 7. The molecule has 0 aliphatic heterocycles. The summed E-state index contributed by atoms with van der Waals surface area (Å²) in [7, 11) is 4.00. The first-order valence-corrected chi connectivity index (χ1v) is 8.95. The lowest BCUT2D eigenvalue weighted by atomic mass is 10.2. The van der Waals surface area contributed by atoms with E-state index in [9.17, 15) is 10.1 Å². The minimum absolute atomic E-state index is 0.0256. The Balaban J connectivity index is 2.08. The molecule has 0 fully saturated rings. The molecule has 0 unspecified atom stereocenters. The lowest BCUT2D eigenvalue weighted by molar-refractivity contribution is -0.384. The van der Waals surface area contributed by atoms with Crippen LogP contribution in [0.1, 0.15) is 19.7 Å². The average Bonchev–Trinajstić information content (AvgIpc) is 3.07. The second kappa shape index (κ2) is 9.38. The van der Waals surface area contributed by atoms with E-state index in [2.05, 4.69) is 20.4 Å². The predicted octanol–water partition coefficient (Wildman–Crippen LogP) is 2.29. The first-order chi connectivity index (χ1) is 12.8. The minimum atomic E-state index is -0.459. The van der Waals surface area contributed by atoms with Crippen LogP contribution in [0.5, 0.6) is 0 Å². The summed E-state index contributed by atoms with van der Waals surface area (Å²) in [5.74, 6) is 0.630. The van der Waals surface area contributed by atoms with Gasteiger partial charge in [-0.05, 0) is 46.2 Å². The zero-order chi connectivity index (χ0) is 20.0. The number of hydrogen-bond donors (Lipinski definition) is 1. The summed E-state index contributed by atoms with van der Waals surface area (Å²) < 4.78 is 5.70. The van der Waals surface area contributed by atoms with E-state index in [0.717, 1.165) is 13.1 Å². The summed E-state index contributed by atoms with van der Waals surface area (Å²) in [6.45, 7) is 6.00. The lowest BCUT2D eigenvalue weighted by Crippen LogP contribution is -2.45. The fourth-order valence-electron chi connectivity index (χ4n) is 2.31. The van der Waals surface area contributed by atoms with E-state index >= 15 is 0 Å². The molecule has 0 amide bonds. The maximum absolute atomic E-state index is 10.9. The van der Waals surface area contributed by atoms with Crippen molar-refractivity contribution in [1.29, 1.82) is 0 Å². The van der Waals surface area contributed by atoms with Crippen LogP contribution in [0.4, 0.5) is 5.69 Å². The van der Waals surface area contributed by atoms with Crippen LogP contribution in [0.3, 0.4) is 0 Å². The van der Waals surface area contributed by atoms with E-state index < -0.39 is 4.92 Å². The predicted molar refractivity (Wildman–Crippen MR) is 106 cm³/mol. The number of nitrogens with one attached hydrogen (secondary N) is 1. The van der Waals surface area contributed by atoms with E-state index in [1.165, 1.54) is 12.1 Å². The minimum Gasteiger partial charge on any atom is -0.419 e. The molecule has 0 atom stereocenters. The zero-order valence-corrected chi connectivity index (χ0v) is 16.7. The van der Waals surface area contributed by atoms with Gasteiger partial charge >= 0.3 is 0 Å². The molecule has 27 heavy (non-hydrogen) atoms. The molecule has 10 heteroatoms. The van der Waals surface area contributed by atoms with Crippen molar-refractivity contribution in [2.24, 2.45) is 0 Å². The van der Waals surface area contributed by atoms with Crippen molar-refractivity contribution in [3.63, 3.8) is 0 Å². The SMILES string of the molecule is CC(C)N(Cc1nnc(-c2cccc([N+](=O)[O-])c2)o1)C(=S)NCCN(C)C. The number of nitrogens with zero attached hydrogens (tertiary/aromatic N) is 5. The molecule has 2 rings (SSSR count). The largest absolute Gasteiger partial charge is 0.419 e. The van der Waals surface area contributed by atoms with Gasteiger partial charge in [0.1, 0.15) is 0 Å². The number of benzene rings is 1. The molecule has 146 valence electrons. The molecule has 0 saturated carbocycles. The molecule has 2 aromatic rings. The van der Waals surface area contributed by atoms with Gasteiger partial charge in [-0.3, -0.25) is 10.1 Å². The molecule has 0 radical (unpaired) electrons. The van der Waals surface area contributed by atoms with Crippen LogP contribution in [-0.4, -0.2) is 63.3 Å². The quantitative estimate of drug-likeness (QED) is 0.412. The zero-order valence-electron chi connectivity index (χ0n) is 15.9. The summed E-state index contributed by atoms with van der Waals surface area (Å²) in [6, 6.07) is 6.24. The monoisotopic (exact) mass is 392 g/mol. The molecule has 9 nitrogen and oxygen atoms in total. The fourth-order valence-corrected chi connectivity index (χ4v) is 2.69. The number of likely N-dealkylation sites (N-methyl/N-ethyl adjacent to an activating group) is 1. The van der Waals surface area contributed by atoms with E-state index in [1.807, 2.05) is 32.8 Å². The Morgan fingerprint density at radius 1 is 1.37 bits per heavy atom. The van der Waals surface area contributed by atoms with Gasteiger partial charge < -0.3 is 19.5 Å². The third kappa shape index (κ3) is 5.97. The maximum atomic E-state index is 10.9. The van der Waals surface area contributed by atoms with Gasteiger partial charge in [-0.25, -0.2) is 0 Å². The van der Waals surface area contributed by atoms with Crippen molar-refractivity contribution in [2.45, 2.75) is 26.4 Å². The second-order valence-corrected chi connectivity index (χ2v) is 6.95. The molecule has 1 aromatic heterocycles. The van der Waals surface area contributed by atoms with Crippen molar-refractivity contribution in [3.05, 3.63) is 40.3 Å². The van der Waals surface area contributed by atoms with Crippen LogP contribution in [-0.2, 0) is 6.54 Å². The van der Waals surface area contributed by atoms with Crippen molar-refractivity contribution in [2.75, 3.05) is 27.2 Å². The molecular formula is C17H24N6O3S. The second-order valence-electron chi connectivity index (χ2n) is 6.57. The van der Waals surface area contributed by atoms with Gasteiger partial charge in [-0.1, -0.05) is 6.07 Å². The highest BCUT2D eigenvalue weighted by Crippen LogP contribution is 2.23. The summed E-state index contributed by atoms with van der Waals surface area (Å²) in [6.07, 6.45) is 0. The lowest BCUT2D eigenvalue weighted by Gasteiger charge is -2.28. The topological polar surface area (TPSA) is 101 Å². The summed E-state index contributed by atoms with van der Waals surface area (Å²) in [5.41, 5.74) is 0.480. The molecule has 1 N–H and O–H groups in total. The first kappa shape index (κ1) is 20.7. The number of aromatic nitrogens is 2. The van der Waals surface area contributed by atoms with Crippen LogP contribution in [0.25, 0.3) is 11.5 Å². The van der Waals surface area contributed by atoms with Crippen LogP contribution in [0, 0.1) is 10.1 Å².